The molecular weight excluding hydrogens is 626 g/mol. The summed E-state index contributed by atoms with van der Waals surface area (Å²) in [6.45, 7) is 1.43. The summed E-state index contributed by atoms with van der Waals surface area (Å²) < 4.78 is 122. The monoisotopic (exact) mass is 642 g/mol. The molecule has 0 heterocycles. The Morgan fingerprint density at radius 3 is 1.95 bits per heavy atom. The lowest BCUT2D eigenvalue weighted by atomic mass is 9.91. The van der Waals surface area contributed by atoms with Crippen molar-refractivity contribution in [3.63, 3.8) is 0 Å². The molecule has 2 N–H and O–H groups in total. The molecule has 2 amide bonds. The highest BCUT2D eigenvalue weighted by atomic mass is 35.5. The van der Waals surface area contributed by atoms with Gasteiger partial charge >= 0.3 is 12.4 Å². The molecule has 40 heavy (non-hydrogen) atoms. The molecule has 0 bridgehead atoms. The molecule has 0 aliphatic heterocycles. The smallest absolute Gasteiger partial charge is 0.336 e. The van der Waals surface area contributed by atoms with Gasteiger partial charge in [0, 0.05) is 12.5 Å². The Labute approximate surface area is 236 Å². The van der Waals surface area contributed by atoms with Gasteiger partial charge in [-0.1, -0.05) is 40.9 Å². The predicted octanol–water partition coefficient (Wildman–Crippen LogP) is 8.56. The first kappa shape index (κ1) is 33.6. The van der Waals surface area contributed by atoms with Crippen LogP contribution in [0.2, 0.25) is 15.1 Å². The number of halogens is 12. The van der Waals surface area contributed by atoms with Gasteiger partial charge in [-0.3, -0.25) is 9.59 Å². The summed E-state index contributed by atoms with van der Waals surface area (Å²) in [5.74, 6) is -10.2. The Hall–Kier alpha value is -2.64. The van der Waals surface area contributed by atoms with E-state index in [-0.39, 0.29) is 26.7 Å². The minimum absolute atomic E-state index is 0.160. The Morgan fingerprint density at radius 1 is 0.925 bits per heavy atom. The predicted molar refractivity (Wildman–Crippen MR) is 131 cm³/mol. The fourth-order valence-corrected chi connectivity index (χ4v) is 4.06. The Balaban J connectivity index is 2.44. The van der Waals surface area contributed by atoms with Crippen LogP contribution in [0, 0.1) is 0 Å². The lowest BCUT2D eigenvalue weighted by Crippen LogP contribution is -2.47. The summed E-state index contributed by atoms with van der Waals surface area (Å²) in [6, 6.07) is 3.42. The van der Waals surface area contributed by atoms with E-state index in [1.54, 1.807) is 5.32 Å². The third-order valence-corrected chi connectivity index (χ3v) is 6.35. The molecule has 0 saturated carbocycles. The zero-order valence-corrected chi connectivity index (χ0v) is 22.4. The van der Waals surface area contributed by atoms with Gasteiger partial charge in [-0.25, -0.2) is 13.2 Å². The number of benzene rings is 2. The minimum atomic E-state index is -5.25. The second-order valence-corrected chi connectivity index (χ2v) is 9.75. The van der Waals surface area contributed by atoms with Crippen LogP contribution in [0.25, 0.3) is 5.83 Å². The van der Waals surface area contributed by atoms with Gasteiger partial charge in [-0.15, -0.1) is 0 Å². The topological polar surface area (TPSA) is 58.2 Å². The fraction of sp³-hybridized carbons (Fsp3) is 0.333. The van der Waals surface area contributed by atoms with E-state index in [1.807, 2.05) is 5.32 Å². The molecule has 2 aromatic carbocycles. The van der Waals surface area contributed by atoms with Crippen LogP contribution in [0.3, 0.4) is 0 Å². The van der Waals surface area contributed by atoms with Crippen LogP contribution in [-0.2, 0) is 11.0 Å². The SMILES string of the molecule is CC(NC(=O)CC(F)(F)F)NC(=O)c1ccc(/C(F)=C/C(c2cc(Cl)c(Cl)c(Cl)c2)C(C)(F)F)cc1C(F)(F)F. The average Bonchev–Trinajstić information content (AvgIpc) is 2.77. The molecule has 4 nitrogen and oxygen atoms in total. The second kappa shape index (κ2) is 12.5. The molecule has 16 heteroatoms. The van der Waals surface area contributed by atoms with Crippen LogP contribution in [0.5, 0.6) is 0 Å². The molecular formula is C24H18Cl3F9N2O2. The molecule has 2 rings (SSSR count). The van der Waals surface area contributed by atoms with Gasteiger partial charge in [-0.05, 0) is 42.8 Å². The standard InChI is InChI=1S/C24H18Cl3F9N2O2/c1-10(37-19(39)9-23(31,32)33)38-21(40)13-4-3-11(5-15(13)24(34,35)36)18(28)8-14(22(2,29)30)12-6-16(25)20(27)17(26)7-12/h3-8,10,14H,9H2,1-2H3,(H,37,39)(H,38,40)/b18-8-. The van der Waals surface area contributed by atoms with E-state index in [4.69, 9.17) is 34.8 Å². The maximum absolute atomic E-state index is 15.1. The Morgan fingerprint density at radius 2 is 1.48 bits per heavy atom. The van der Waals surface area contributed by atoms with Crippen molar-refractivity contribution in [1.82, 2.24) is 10.6 Å². The highest BCUT2D eigenvalue weighted by Gasteiger charge is 2.38. The average molecular weight is 644 g/mol. The van der Waals surface area contributed by atoms with E-state index >= 15 is 4.39 Å². The van der Waals surface area contributed by atoms with Crippen molar-refractivity contribution >= 4 is 52.4 Å². The molecule has 0 aliphatic rings. The van der Waals surface area contributed by atoms with E-state index in [0.29, 0.717) is 25.1 Å². The van der Waals surface area contributed by atoms with Crippen LogP contribution in [0.1, 0.15) is 53.2 Å². The van der Waals surface area contributed by atoms with Gasteiger partial charge in [0.1, 0.15) is 12.2 Å². The van der Waals surface area contributed by atoms with Gasteiger partial charge in [0.25, 0.3) is 11.8 Å². The zero-order valence-electron chi connectivity index (χ0n) is 20.2. The minimum Gasteiger partial charge on any atom is -0.336 e. The molecule has 220 valence electrons. The molecule has 0 radical (unpaired) electrons. The highest BCUT2D eigenvalue weighted by Crippen LogP contribution is 2.42. The highest BCUT2D eigenvalue weighted by molar-refractivity contribution is 6.48. The first-order chi connectivity index (χ1) is 18.1. The lowest BCUT2D eigenvalue weighted by Gasteiger charge is -2.22. The largest absolute Gasteiger partial charge is 0.417 e. The Kier molecular flexibility index (Phi) is 10.5. The molecule has 0 saturated heterocycles. The van der Waals surface area contributed by atoms with Crippen LogP contribution >= 0.6 is 34.8 Å². The summed E-state index contributed by atoms with van der Waals surface area (Å²) >= 11 is 17.5. The molecule has 0 aliphatic carbocycles. The number of hydrogen-bond acceptors (Lipinski definition) is 2. The third-order valence-electron chi connectivity index (χ3n) is 5.16. The van der Waals surface area contributed by atoms with Crippen LogP contribution in [0.15, 0.2) is 36.4 Å². The van der Waals surface area contributed by atoms with Crippen molar-refractivity contribution in [2.45, 2.75) is 50.6 Å². The molecule has 0 aromatic heterocycles. The van der Waals surface area contributed by atoms with Gasteiger partial charge in [0.05, 0.1) is 38.3 Å². The van der Waals surface area contributed by atoms with Crippen LogP contribution in [0.4, 0.5) is 39.5 Å². The number of allylic oxidation sites excluding steroid dienone is 1. The van der Waals surface area contributed by atoms with E-state index in [1.165, 1.54) is 0 Å². The zero-order chi connectivity index (χ0) is 30.8. The lowest BCUT2D eigenvalue weighted by molar-refractivity contribution is -0.154. The summed E-state index contributed by atoms with van der Waals surface area (Å²) in [6.07, 6.45) is -13.2. The molecule has 0 spiro atoms. The van der Waals surface area contributed by atoms with Crippen molar-refractivity contribution in [2.24, 2.45) is 0 Å². The molecule has 0 fully saturated rings. The van der Waals surface area contributed by atoms with E-state index < -0.39 is 71.1 Å². The molecule has 2 unspecified atom stereocenters. The first-order valence-corrected chi connectivity index (χ1v) is 12.0. The van der Waals surface area contributed by atoms with Crippen molar-refractivity contribution in [1.29, 1.82) is 0 Å². The van der Waals surface area contributed by atoms with Crippen molar-refractivity contribution in [3.8, 4) is 0 Å². The van der Waals surface area contributed by atoms with Gasteiger partial charge in [0.15, 0.2) is 0 Å². The van der Waals surface area contributed by atoms with Crippen molar-refractivity contribution in [3.05, 3.63) is 73.7 Å². The summed E-state index contributed by atoms with van der Waals surface area (Å²) in [5, 5.41) is 3.01. The number of alkyl halides is 8. The second-order valence-electron chi connectivity index (χ2n) is 8.56. The quantitative estimate of drug-likeness (QED) is 0.172. The van der Waals surface area contributed by atoms with Crippen molar-refractivity contribution < 1.29 is 49.1 Å². The van der Waals surface area contributed by atoms with Gasteiger partial charge < -0.3 is 10.6 Å². The summed E-state index contributed by atoms with van der Waals surface area (Å²) in [4.78, 5) is 23.8. The van der Waals surface area contributed by atoms with Gasteiger partial charge in [-0.2, -0.15) is 26.3 Å². The number of carbonyl (C=O) groups excluding carboxylic acids is 2. The maximum atomic E-state index is 15.1. The van der Waals surface area contributed by atoms with Crippen molar-refractivity contribution in [2.75, 3.05) is 0 Å². The van der Waals surface area contributed by atoms with E-state index in [2.05, 4.69) is 0 Å². The maximum Gasteiger partial charge on any atom is 0.417 e. The fourth-order valence-electron chi connectivity index (χ4n) is 3.44. The first-order valence-electron chi connectivity index (χ1n) is 10.9. The number of amides is 2. The summed E-state index contributed by atoms with van der Waals surface area (Å²) in [7, 11) is 0. The van der Waals surface area contributed by atoms with Gasteiger partial charge in [0.2, 0.25) is 5.91 Å². The van der Waals surface area contributed by atoms with E-state index in [0.717, 1.165) is 19.1 Å². The number of rotatable bonds is 8. The van der Waals surface area contributed by atoms with Crippen LogP contribution in [-0.4, -0.2) is 30.1 Å². The number of nitrogens with one attached hydrogen (secondary N) is 2. The number of carbonyl (C=O) groups is 2. The third kappa shape index (κ3) is 9.20. The normalized spacial score (nSPS) is 14.5. The molecule has 2 atom stereocenters. The number of hydrogen-bond donors (Lipinski definition) is 2. The Bertz CT molecular complexity index is 1280. The summed E-state index contributed by atoms with van der Waals surface area (Å²) in [5.41, 5.74) is -3.88. The van der Waals surface area contributed by atoms with E-state index in [9.17, 15) is 44.7 Å². The molecule has 2 aromatic rings. The van der Waals surface area contributed by atoms with Crippen LogP contribution < -0.4 is 10.6 Å².